The molecule has 0 radical (unpaired) electrons. The Labute approximate surface area is 190 Å². The predicted molar refractivity (Wildman–Crippen MR) is 123 cm³/mol. The Morgan fingerprint density at radius 2 is 1.64 bits per heavy atom. The lowest BCUT2D eigenvalue weighted by Crippen LogP contribution is -2.36. The highest BCUT2D eigenvalue weighted by Crippen LogP contribution is 2.24. The molecule has 12 heteroatoms. The quantitative estimate of drug-likeness (QED) is 0.394. The predicted octanol–water partition coefficient (Wildman–Crippen LogP) is 3.07. The van der Waals surface area contributed by atoms with Gasteiger partial charge >= 0.3 is 0 Å². The van der Waals surface area contributed by atoms with Gasteiger partial charge in [-0.1, -0.05) is 0 Å². The average Bonchev–Trinajstić information content (AvgIpc) is 2.80. The highest BCUT2D eigenvalue weighted by atomic mass is 32.2. The van der Waals surface area contributed by atoms with Crippen molar-refractivity contribution >= 4 is 38.7 Å². The first-order chi connectivity index (χ1) is 15.8. The Morgan fingerprint density at radius 3 is 2.27 bits per heavy atom. The number of anilines is 4. The molecule has 33 heavy (non-hydrogen) atoms. The van der Waals surface area contributed by atoms with Crippen molar-refractivity contribution in [3.63, 3.8) is 0 Å². The minimum Gasteiger partial charge on any atom is -0.378 e. The number of non-ortho nitro benzene ring substituents is 1. The summed E-state index contributed by atoms with van der Waals surface area (Å²) in [6, 6.07) is 13.2. The maximum Gasteiger partial charge on any atom is 0.269 e. The Hall–Kier alpha value is -3.77. The van der Waals surface area contributed by atoms with E-state index >= 15 is 0 Å². The van der Waals surface area contributed by atoms with Gasteiger partial charge < -0.3 is 15.0 Å². The van der Waals surface area contributed by atoms with E-state index in [0.29, 0.717) is 30.5 Å². The molecular formula is C21H22N6O5S. The minimum absolute atomic E-state index is 0.0672. The first-order valence-electron chi connectivity index (χ1n) is 10.1. The summed E-state index contributed by atoms with van der Waals surface area (Å²) in [6.07, 6.45) is 0. The lowest BCUT2D eigenvalue weighted by Gasteiger charge is -2.28. The monoisotopic (exact) mass is 470 g/mol. The second-order valence-corrected chi connectivity index (χ2v) is 9.00. The van der Waals surface area contributed by atoms with Crippen molar-refractivity contribution in [2.24, 2.45) is 0 Å². The number of sulfonamides is 1. The minimum atomic E-state index is -3.88. The molecule has 1 aliphatic heterocycles. The number of ether oxygens (including phenoxy) is 1. The zero-order valence-electron chi connectivity index (χ0n) is 17.8. The van der Waals surface area contributed by atoms with Crippen LogP contribution in [0.15, 0.2) is 59.5 Å². The Bertz CT molecular complexity index is 1240. The third kappa shape index (κ3) is 5.54. The van der Waals surface area contributed by atoms with Crippen LogP contribution in [0.4, 0.5) is 28.7 Å². The van der Waals surface area contributed by atoms with E-state index in [1.807, 2.05) is 13.0 Å². The van der Waals surface area contributed by atoms with Crippen LogP contribution in [0, 0.1) is 17.0 Å². The molecule has 172 valence electrons. The second kappa shape index (κ2) is 9.38. The van der Waals surface area contributed by atoms with Gasteiger partial charge in [-0.15, -0.1) is 0 Å². The number of aromatic nitrogens is 2. The maximum absolute atomic E-state index is 12.6. The number of nitro benzene ring substituents is 1. The van der Waals surface area contributed by atoms with Crippen molar-refractivity contribution in [3.8, 4) is 0 Å². The van der Waals surface area contributed by atoms with E-state index < -0.39 is 14.9 Å². The third-order valence-electron chi connectivity index (χ3n) is 4.93. The summed E-state index contributed by atoms with van der Waals surface area (Å²) in [5.41, 5.74) is 0.896. The standard InChI is InChI=1S/C21H22N6O5S/c1-15-22-20(14-21(23-15)26-10-12-32-13-11-26)24-16-2-4-17(5-3-16)25-33(30,31)19-8-6-18(7-9-19)27(28)29/h2-9,14,25H,10-13H2,1H3,(H,22,23,24). The largest absolute Gasteiger partial charge is 0.378 e. The van der Waals surface area contributed by atoms with E-state index in [9.17, 15) is 18.5 Å². The van der Waals surface area contributed by atoms with E-state index in [2.05, 4.69) is 24.9 Å². The molecule has 4 rings (SSSR count). The topological polar surface area (TPSA) is 140 Å². The smallest absolute Gasteiger partial charge is 0.269 e. The van der Waals surface area contributed by atoms with Crippen LogP contribution in [-0.4, -0.2) is 49.6 Å². The molecule has 0 atom stereocenters. The molecule has 2 N–H and O–H groups in total. The molecule has 2 aromatic carbocycles. The first kappa shape index (κ1) is 22.4. The summed E-state index contributed by atoms with van der Waals surface area (Å²) in [4.78, 5) is 21.2. The SMILES string of the molecule is Cc1nc(Nc2ccc(NS(=O)(=O)c3ccc([N+](=O)[O-])cc3)cc2)cc(N2CCOCC2)n1. The molecule has 2 heterocycles. The molecule has 3 aromatic rings. The molecule has 0 bridgehead atoms. The fraction of sp³-hybridized carbons (Fsp3) is 0.238. The van der Waals surface area contributed by atoms with Crippen molar-refractivity contribution in [1.29, 1.82) is 0 Å². The summed E-state index contributed by atoms with van der Waals surface area (Å²) < 4.78 is 33.0. The molecule has 0 aliphatic carbocycles. The normalized spacial score (nSPS) is 14.0. The maximum atomic E-state index is 12.6. The summed E-state index contributed by atoms with van der Waals surface area (Å²) in [7, 11) is -3.88. The van der Waals surface area contributed by atoms with Gasteiger partial charge in [0.25, 0.3) is 15.7 Å². The molecule has 1 aliphatic rings. The van der Waals surface area contributed by atoms with Crippen LogP contribution in [0.1, 0.15) is 5.82 Å². The van der Waals surface area contributed by atoms with Crippen molar-refractivity contribution in [3.05, 3.63) is 70.5 Å². The summed E-state index contributed by atoms with van der Waals surface area (Å²) in [6.45, 7) is 4.66. The van der Waals surface area contributed by atoms with Gasteiger partial charge in [-0.25, -0.2) is 18.4 Å². The van der Waals surface area contributed by atoms with Gasteiger partial charge in [0, 0.05) is 42.7 Å². The average molecular weight is 471 g/mol. The fourth-order valence-corrected chi connectivity index (χ4v) is 4.36. The van der Waals surface area contributed by atoms with Crippen LogP contribution in [-0.2, 0) is 14.8 Å². The fourth-order valence-electron chi connectivity index (χ4n) is 3.30. The number of benzene rings is 2. The zero-order valence-corrected chi connectivity index (χ0v) is 18.6. The molecule has 11 nitrogen and oxygen atoms in total. The van der Waals surface area contributed by atoms with Crippen LogP contribution >= 0.6 is 0 Å². The molecule has 0 amide bonds. The van der Waals surface area contributed by atoms with Gasteiger partial charge in [0.1, 0.15) is 17.5 Å². The number of rotatable bonds is 7. The molecule has 0 saturated carbocycles. The molecule has 1 fully saturated rings. The number of aryl methyl sites for hydroxylation is 1. The van der Waals surface area contributed by atoms with Crippen LogP contribution in [0.3, 0.4) is 0 Å². The van der Waals surface area contributed by atoms with Gasteiger partial charge in [0.2, 0.25) is 0 Å². The molecule has 0 spiro atoms. The zero-order chi connectivity index (χ0) is 23.4. The Morgan fingerprint density at radius 1 is 1.00 bits per heavy atom. The van der Waals surface area contributed by atoms with Crippen molar-refractivity contribution in [1.82, 2.24) is 9.97 Å². The van der Waals surface area contributed by atoms with E-state index in [1.165, 1.54) is 12.1 Å². The van der Waals surface area contributed by atoms with Crippen LogP contribution in [0.5, 0.6) is 0 Å². The molecule has 0 unspecified atom stereocenters. The van der Waals surface area contributed by atoms with E-state index in [1.54, 1.807) is 24.3 Å². The van der Waals surface area contributed by atoms with Gasteiger partial charge in [-0.3, -0.25) is 14.8 Å². The first-order valence-corrected chi connectivity index (χ1v) is 11.6. The summed E-state index contributed by atoms with van der Waals surface area (Å²) >= 11 is 0. The van der Waals surface area contributed by atoms with Gasteiger partial charge in [-0.05, 0) is 43.3 Å². The number of nitrogens with one attached hydrogen (secondary N) is 2. The second-order valence-electron chi connectivity index (χ2n) is 7.32. The van der Waals surface area contributed by atoms with E-state index in [4.69, 9.17) is 4.74 Å². The van der Waals surface area contributed by atoms with Crippen molar-refractivity contribution < 1.29 is 18.1 Å². The van der Waals surface area contributed by atoms with E-state index in [-0.39, 0.29) is 10.6 Å². The third-order valence-corrected chi connectivity index (χ3v) is 6.32. The number of hydrogen-bond donors (Lipinski definition) is 2. The summed E-state index contributed by atoms with van der Waals surface area (Å²) in [5, 5.41) is 14.0. The van der Waals surface area contributed by atoms with Gasteiger partial charge in [-0.2, -0.15) is 0 Å². The molecule has 1 aromatic heterocycles. The number of nitrogens with zero attached hydrogens (tertiary/aromatic N) is 4. The van der Waals surface area contributed by atoms with Crippen molar-refractivity contribution in [2.75, 3.05) is 41.2 Å². The number of morpholine rings is 1. The molecule has 1 saturated heterocycles. The molecular weight excluding hydrogens is 448 g/mol. The van der Waals surface area contributed by atoms with Crippen LogP contribution < -0.4 is 14.9 Å². The Kier molecular flexibility index (Phi) is 6.38. The van der Waals surface area contributed by atoms with Crippen molar-refractivity contribution in [2.45, 2.75) is 11.8 Å². The lowest BCUT2D eigenvalue weighted by molar-refractivity contribution is -0.384. The Balaban J connectivity index is 1.45. The lowest BCUT2D eigenvalue weighted by atomic mass is 10.3. The number of nitro groups is 1. The van der Waals surface area contributed by atoms with Gasteiger partial charge in [0.15, 0.2) is 0 Å². The van der Waals surface area contributed by atoms with Crippen LogP contribution in [0.2, 0.25) is 0 Å². The van der Waals surface area contributed by atoms with Crippen LogP contribution in [0.25, 0.3) is 0 Å². The highest BCUT2D eigenvalue weighted by molar-refractivity contribution is 7.92. The van der Waals surface area contributed by atoms with Gasteiger partial charge in [0.05, 0.1) is 23.0 Å². The number of hydrogen-bond acceptors (Lipinski definition) is 9. The highest BCUT2D eigenvalue weighted by Gasteiger charge is 2.17. The summed E-state index contributed by atoms with van der Waals surface area (Å²) in [5.74, 6) is 2.08. The van der Waals surface area contributed by atoms with E-state index in [0.717, 1.165) is 36.7 Å².